The molecule has 1 aliphatic rings. The SMILES string of the molecule is C/C(=N/N1CCOCC1)c1cc(Br)cc(Br)c1O. The first-order chi connectivity index (χ1) is 8.58. The zero-order valence-corrected chi connectivity index (χ0v) is 13.2. The highest BCUT2D eigenvalue weighted by Gasteiger charge is 2.13. The first-order valence-corrected chi connectivity index (χ1v) is 7.23. The summed E-state index contributed by atoms with van der Waals surface area (Å²) in [5.41, 5.74) is 1.51. The third kappa shape index (κ3) is 3.24. The van der Waals surface area contributed by atoms with Gasteiger partial charge in [0.15, 0.2) is 0 Å². The lowest BCUT2D eigenvalue weighted by atomic mass is 10.1. The number of benzene rings is 1. The van der Waals surface area contributed by atoms with Gasteiger partial charge < -0.3 is 9.84 Å². The molecule has 1 aromatic carbocycles. The number of morpholine rings is 1. The van der Waals surface area contributed by atoms with Crippen molar-refractivity contribution in [1.82, 2.24) is 5.01 Å². The minimum Gasteiger partial charge on any atom is -0.506 e. The molecule has 0 saturated carbocycles. The molecule has 0 unspecified atom stereocenters. The highest BCUT2D eigenvalue weighted by atomic mass is 79.9. The van der Waals surface area contributed by atoms with Crippen LogP contribution >= 0.6 is 31.9 Å². The van der Waals surface area contributed by atoms with Crippen molar-refractivity contribution in [1.29, 1.82) is 0 Å². The molecule has 1 aliphatic heterocycles. The van der Waals surface area contributed by atoms with E-state index in [1.807, 2.05) is 18.0 Å². The summed E-state index contributed by atoms with van der Waals surface area (Å²) in [7, 11) is 0. The Morgan fingerprint density at radius 1 is 1.33 bits per heavy atom. The summed E-state index contributed by atoms with van der Waals surface area (Å²) >= 11 is 6.73. The fraction of sp³-hybridized carbons (Fsp3) is 0.417. The summed E-state index contributed by atoms with van der Waals surface area (Å²) in [4.78, 5) is 0. The van der Waals surface area contributed by atoms with Crippen LogP contribution in [0.15, 0.2) is 26.2 Å². The Labute approximate surface area is 123 Å². The lowest BCUT2D eigenvalue weighted by molar-refractivity contribution is 0.0393. The van der Waals surface area contributed by atoms with Crippen molar-refractivity contribution < 1.29 is 9.84 Å². The molecule has 1 N–H and O–H groups in total. The summed E-state index contributed by atoms with van der Waals surface area (Å²) in [5, 5.41) is 16.5. The van der Waals surface area contributed by atoms with Crippen molar-refractivity contribution in [3.63, 3.8) is 0 Å². The van der Waals surface area contributed by atoms with Gasteiger partial charge in [-0.05, 0) is 35.0 Å². The molecule has 0 aliphatic carbocycles. The fourth-order valence-electron chi connectivity index (χ4n) is 1.76. The van der Waals surface area contributed by atoms with Crippen LogP contribution < -0.4 is 0 Å². The van der Waals surface area contributed by atoms with Gasteiger partial charge in [-0.1, -0.05) is 15.9 Å². The summed E-state index contributed by atoms with van der Waals surface area (Å²) in [6, 6.07) is 3.67. The Bertz CT molecular complexity index is 471. The Balaban J connectivity index is 2.27. The molecular weight excluding hydrogens is 364 g/mol. The van der Waals surface area contributed by atoms with E-state index in [2.05, 4.69) is 37.0 Å². The van der Waals surface area contributed by atoms with E-state index in [9.17, 15) is 5.11 Å². The number of phenols is 1. The van der Waals surface area contributed by atoms with Gasteiger partial charge in [0.25, 0.3) is 0 Å². The maximum atomic E-state index is 10.0. The highest BCUT2D eigenvalue weighted by Crippen LogP contribution is 2.32. The molecule has 1 saturated heterocycles. The van der Waals surface area contributed by atoms with Crippen LogP contribution in [0.5, 0.6) is 5.75 Å². The van der Waals surface area contributed by atoms with E-state index in [0.717, 1.165) is 28.8 Å². The zero-order valence-electron chi connectivity index (χ0n) is 9.99. The van der Waals surface area contributed by atoms with Gasteiger partial charge in [0.1, 0.15) is 5.75 Å². The molecular formula is C12H14Br2N2O2. The molecule has 18 heavy (non-hydrogen) atoms. The smallest absolute Gasteiger partial charge is 0.138 e. The van der Waals surface area contributed by atoms with E-state index < -0.39 is 0 Å². The first-order valence-electron chi connectivity index (χ1n) is 5.64. The van der Waals surface area contributed by atoms with Crippen LogP contribution in [0.4, 0.5) is 0 Å². The molecule has 0 bridgehead atoms. The van der Waals surface area contributed by atoms with Gasteiger partial charge in [0, 0.05) is 10.0 Å². The molecule has 0 atom stereocenters. The molecule has 6 heteroatoms. The van der Waals surface area contributed by atoms with Crippen LogP contribution in [0.3, 0.4) is 0 Å². The molecule has 0 radical (unpaired) electrons. The summed E-state index contributed by atoms with van der Waals surface area (Å²) in [6.45, 7) is 4.86. The van der Waals surface area contributed by atoms with Crippen molar-refractivity contribution >= 4 is 37.6 Å². The number of hydrogen-bond donors (Lipinski definition) is 1. The van der Waals surface area contributed by atoms with Crippen LogP contribution in [0, 0.1) is 0 Å². The number of hydrogen-bond acceptors (Lipinski definition) is 4. The normalized spacial score (nSPS) is 17.1. The molecule has 98 valence electrons. The number of ether oxygens (including phenoxy) is 1. The molecule has 0 spiro atoms. The number of halogens is 2. The highest BCUT2D eigenvalue weighted by molar-refractivity contribution is 9.11. The van der Waals surface area contributed by atoms with E-state index in [0.29, 0.717) is 17.7 Å². The Kier molecular flexibility index (Phi) is 4.64. The van der Waals surface area contributed by atoms with E-state index in [1.54, 1.807) is 6.07 Å². The molecule has 4 nitrogen and oxygen atoms in total. The third-order valence-corrected chi connectivity index (χ3v) is 3.76. The molecule has 2 rings (SSSR count). The maximum absolute atomic E-state index is 10.0. The van der Waals surface area contributed by atoms with Crippen molar-refractivity contribution in [2.45, 2.75) is 6.92 Å². The van der Waals surface area contributed by atoms with Crippen molar-refractivity contribution in [3.8, 4) is 5.75 Å². The Hall–Kier alpha value is -0.590. The number of hydrazone groups is 1. The lowest BCUT2D eigenvalue weighted by Crippen LogP contribution is -2.33. The number of nitrogens with zero attached hydrogens (tertiary/aromatic N) is 2. The quantitative estimate of drug-likeness (QED) is 0.806. The largest absolute Gasteiger partial charge is 0.506 e. The van der Waals surface area contributed by atoms with E-state index in [4.69, 9.17) is 4.74 Å². The monoisotopic (exact) mass is 376 g/mol. The van der Waals surface area contributed by atoms with Crippen LogP contribution in [0.2, 0.25) is 0 Å². The topological polar surface area (TPSA) is 45.1 Å². The fourth-order valence-corrected chi connectivity index (χ4v) is 2.99. The van der Waals surface area contributed by atoms with Crippen molar-refractivity contribution in [2.75, 3.05) is 26.3 Å². The van der Waals surface area contributed by atoms with Gasteiger partial charge in [-0.15, -0.1) is 0 Å². The van der Waals surface area contributed by atoms with Gasteiger partial charge in [0.2, 0.25) is 0 Å². The van der Waals surface area contributed by atoms with Crippen LogP contribution in [0.25, 0.3) is 0 Å². The molecule has 1 fully saturated rings. The second-order valence-electron chi connectivity index (χ2n) is 4.04. The summed E-state index contributed by atoms with van der Waals surface area (Å²) in [5.74, 6) is 0.215. The molecule has 1 aromatic rings. The van der Waals surface area contributed by atoms with Gasteiger partial charge in [-0.25, -0.2) is 0 Å². The number of phenolic OH excluding ortho intramolecular Hbond substituents is 1. The van der Waals surface area contributed by atoms with E-state index in [-0.39, 0.29) is 5.75 Å². The Morgan fingerprint density at radius 3 is 2.67 bits per heavy atom. The zero-order chi connectivity index (χ0) is 13.1. The average molecular weight is 378 g/mol. The van der Waals surface area contributed by atoms with Gasteiger partial charge in [-0.2, -0.15) is 5.10 Å². The number of aromatic hydroxyl groups is 1. The predicted molar refractivity (Wildman–Crippen MR) is 78.1 cm³/mol. The summed E-state index contributed by atoms with van der Waals surface area (Å²) in [6.07, 6.45) is 0. The summed E-state index contributed by atoms with van der Waals surface area (Å²) < 4.78 is 6.83. The van der Waals surface area contributed by atoms with Gasteiger partial charge >= 0.3 is 0 Å². The molecule has 0 aromatic heterocycles. The first kappa shape index (κ1) is 13.8. The van der Waals surface area contributed by atoms with E-state index >= 15 is 0 Å². The average Bonchev–Trinajstić information content (AvgIpc) is 2.35. The number of rotatable bonds is 2. The molecule has 0 amide bonds. The van der Waals surface area contributed by atoms with Crippen molar-refractivity contribution in [2.24, 2.45) is 5.10 Å². The third-order valence-electron chi connectivity index (χ3n) is 2.70. The predicted octanol–water partition coefficient (Wildman–Crippen LogP) is 2.97. The van der Waals surface area contributed by atoms with E-state index in [1.165, 1.54) is 0 Å². The second kappa shape index (κ2) is 6.04. The minimum absolute atomic E-state index is 0.215. The second-order valence-corrected chi connectivity index (χ2v) is 5.81. The standard InChI is InChI=1S/C12H14Br2N2O2/c1-8(15-16-2-4-18-5-3-16)10-6-9(13)7-11(14)12(10)17/h6-7,17H,2-5H2,1H3/b15-8-. The van der Waals surface area contributed by atoms with Crippen LogP contribution in [-0.2, 0) is 4.74 Å². The van der Waals surface area contributed by atoms with Crippen LogP contribution in [0.1, 0.15) is 12.5 Å². The Morgan fingerprint density at radius 2 is 2.00 bits per heavy atom. The lowest BCUT2D eigenvalue weighted by Gasteiger charge is -2.24. The minimum atomic E-state index is 0.215. The maximum Gasteiger partial charge on any atom is 0.138 e. The van der Waals surface area contributed by atoms with Gasteiger partial charge in [0.05, 0.1) is 36.5 Å². The van der Waals surface area contributed by atoms with Gasteiger partial charge in [-0.3, -0.25) is 5.01 Å². The van der Waals surface area contributed by atoms with Crippen LogP contribution in [-0.4, -0.2) is 42.1 Å². The van der Waals surface area contributed by atoms with Crippen molar-refractivity contribution in [3.05, 3.63) is 26.6 Å². The molecule has 1 heterocycles.